The van der Waals surface area contributed by atoms with E-state index in [1.165, 1.54) is 5.39 Å². The number of halogens is 1. The predicted molar refractivity (Wildman–Crippen MR) is 92.2 cm³/mol. The summed E-state index contributed by atoms with van der Waals surface area (Å²) in [6.07, 6.45) is 4.85. The molecule has 3 rings (SSSR count). The molecule has 1 aromatic carbocycles. The van der Waals surface area contributed by atoms with E-state index in [0.29, 0.717) is 18.7 Å². The minimum absolute atomic E-state index is 0.0195. The van der Waals surface area contributed by atoms with Crippen molar-refractivity contribution in [3.8, 4) is 0 Å². The van der Waals surface area contributed by atoms with Gasteiger partial charge in [-0.2, -0.15) is 0 Å². The number of hydrogen-bond donors (Lipinski definition) is 2. The standard InChI is InChI=1S/C16H14IN3O/c17-12-6-7-15(19-10-12)20-16(21)8-5-11-9-18-14-4-2-1-3-13(11)14/h1-4,6-7,9-10,18H,5,8H2,(H,19,20,21). The molecule has 3 aromatic rings. The van der Waals surface area contributed by atoms with Gasteiger partial charge in [0.15, 0.2) is 0 Å². The largest absolute Gasteiger partial charge is 0.361 e. The maximum Gasteiger partial charge on any atom is 0.225 e. The van der Waals surface area contributed by atoms with E-state index in [2.05, 4.69) is 43.9 Å². The first kappa shape index (κ1) is 14.1. The van der Waals surface area contributed by atoms with E-state index >= 15 is 0 Å². The molecule has 0 saturated carbocycles. The monoisotopic (exact) mass is 391 g/mol. The molecule has 106 valence electrons. The molecule has 2 aromatic heterocycles. The average Bonchev–Trinajstić information content (AvgIpc) is 2.91. The molecule has 5 heteroatoms. The van der Waals surface area contributed by atoms with Gasteiger partial charge in [-0.15, -0.1) is 0 Å². The van der Waals surface area contributed by atoms with Gasteiger partial charge in [-0.3, -0.25) is 4.79 Å². The fourth-order valence-corrected chi connectivity index (χ4v) is 2.56. The summed E-state index contributed by atoms with van der Waals surface area (Å²) in [5.41, 5.74) is 2.27. The van der Waals surface area contributed by atoms with Crippen molar-refractivity contribution in [2.45, 2.75) is 12.8 Å². The molecular formula is C16H14IN3O. The lowest BCUT2D eigenvalue weighted by Gasteiger charge is -2.04. The Balaban J connectivity index is 1.62. The first-order valence-electron chi connectivity index (χ1n) is 6.69. The molecule has 21 heavy (non-hydrogen) atoms. The molecule has 0 fully saturated rings. The lowest BCUT2D eigenvalue weighted by atomic mass is 10.1. The lowest BCUT2D eigenvalue weighted by molar-refractivity contribution is -0.116. The molecule has 0 atom stereocenters. The number of nitrogens with zero attached hydrogens (tertiary/aromatic N) is 1. The zero-order valence-corrected chi connectivity index (χ0v) is 13.4. The molecule has 0 spiro atoms. The van der Waals surface area contributed by atoms with Crippen LogP contribution in [0.5, 0.6) is 0 Å². The smallest absolute Gasteiger partial charge is 0.225 e. The second kappa shape index (κ2) is 6.26. The number of para-hydroxylation sites is 1. The van der Waals surface area contributed by atoms with Gasteiger partial charge in [0.05, 0.1) is 0 Å². The van der Waals surface area contributed by atoms with Crippen molar-refractivity contribution < 1.29 is 4.79 Å². The van der Waals surface area contributed by atoms with Crippen LogP contribution in [0.1, 0.15) is 12.0 Å². The number of H-pyrrole nitrogens is 1. The predicted octanol–water partition coefficient (Wildman–Crippen LogP) is 3.74. The van der Waals surface area contributed by atoms with Gasteiger partial charge in [-0.05, 0) is 52.8 Å². The van der Waals surface area contributed by atoms with Crippen molar-refractivity contribution in [2.24, 2.45) is 0 Å². The third kappa shape index (κ3) is 3.41. The lowest BCUT2D eigenvalue weighted by Crippen LogP contribution is -2.13. The number of aryl methyl sites for hydroxylation is 1. The Morgan fingerprint density at radius 2 is 2.10 bits per heavy atom. The maximum atomic E-state index is 12.0. The fourth-order valence-electron chi connectivity index (χ4n) is 2.24. The molecule has 2 heterocycles. The Bertz CT molecular complexity index is 765. The van der Waals surface area contributed by atoms with Gasteiger partial charge < -0.3 is 10.3 Å². The van der Waals surface area contributed by atoms with Crippen LogP contribution in [0.4, 0.5) is 5.82 Å². The second-order valence-electron chi connectivity index (χ2n) is 4.77. The summed E-state index contributed by atoms with van der Waals surface area (Å²) in [5, 5.41) is 3.99. The second-order valence-corrected chi connectivity index (χ2v) is 6.01. The van der Waals surface area contributed by atoms with Crippen molar-refractivity contribution >= 4 is 45.2 Å². The van der Waals surface area contributed by atoms with Crippen LogP contribution >= 0.6 is 22.6 Å². The van der Waals surface area contributed by atoms with Crippen LogP contribution in [0.25, 0.3) is 10.9 Å². The van der Waals surface area contributed by atoms with Crippen LogP contribution in [-0.4, -0.2) is 15.9 Å². The Labute approximate surface area is 136 Å². The third-order valence-corrected chi connectivity index (χ3v) is 3.93. The molecule has 1 amide bonds. The number of pyridine rings is 1. The van der Waals surface area contributed by atoms with Crippen molar-refractivity contribution in [1.29, 1.82) is 0 Å². The quantitative estimate of drug-likeness (QED) is 0.666. The maximum absolute atomic E-state index is 12.0. The zero-order valence-electron chi connectivity index (χ0n) is 11.3. The summed E-state index contributed by atoms with van der Waals surface area (Å²) in [6.45, 7) is 0. The van der Waals surface area contributed by atoms with Crippen molar-refractivity contribution in [3.63, 3.8) is 0 Å². The van der Waals surface area contributed by atoms with E-state index in [9.17, 15) is 4.79 Å². The fraction of sp³-hybridized carbons (Fsp3) is 0.125. The molecule has 4 nitrogen and oxygen atoms in total. The van der Waals surface area contributed by atoms with Crippen LogP contribution in [-0.2, 0) is 11.2 Å². The van der Waals surface area contributed by atoms with E-state index in [1.807, 2.05) is 36.5 Å². The molecule has 0 aliphatic carbocycles. The molecule has 0 radical (unpaired) electrons. The number of amides is 1. The molecule has 0 aliphatic heterocycles. The number of anilines is 1. The molecule has 0 unspecified atom stereocenters. The van der Waals surface area contributed by atoms with Crippen LogP contribution in [0.2, 0.25) is 0 Å². The summed E-state index contributed by atoms with van der Waals surface area (Å²) in [4.78, 5) is 19.4. The molecule has 2 N–H and O–H groups in total. The number of aromatic amines is 1. The zero-order chi connectivity index (χ0) is 14.7. The SMILES string of the molecule is O=C(CCc1c[nH]c2ccccc12)Nc1ccc(I)cn1. The van der Waals surface area contributed by atoms with Gasteiger partial charge >= 0.3 is 0 Å². The average molecular weight is 391 g/mol. The molecular weight excluding hydrogens is 377 g/mol. The van der Waals surface area contributed by atoms with Gasteiger partial charge in [0.25, 0.3) is 0 Å². The first-order chi connectivity index (χ1) is 10.2. The van der Waals surface area contributed by atoms with Gasteiger partial charge in [0.2, 0.25) is 5.91 Å². The van der Waals surface area contributed by atoms with Crippen LogP contribution in [0, 0.1) is 3.57 Å². The number of benzene rings is 1. The topological polar surface area (TPSA) is 57.8 Å². The van der Waals surface area contributed by atoms with Crippen LogP contribution in [0.3, 0.4) is 0 Å². The molecule has 0 bridgehead atoms. The van der Waals surface area contributed by atoms with E-state index in [-0.39, 0.29) is 5.91 Å². The summed E-state index contributed by atoms with van der Waals surface area (Å²) in [6, 6.07) is 11.8. The van der Waals surface area contributed by atoms with E-state index < -0.39 is 0 Å². The number of nitrogens with one attached hydrogen (secondary N) is 2. The van der Waals surface area contributed by atoms with Crippen LogP contribution < -0.4 is 5.32 Å². The van der Waals surface area contributed by atoms with Crippen LogP contribution in [0.15, 0.2) is 48.8 Å². The number of aromatic nitrogens is 2. The summed E-state index contributed by atoms with van der Waals surface area (Å²) in [5.74, 6) is 0.577. The van der Waals surface area contributed by atoms with E-state index in [1.54, 1.807) is 6.20 Å². The highest BCUT2D eigenvalue weighted by Crippen LogP contribution is 2.19. The number of hydrogen-bond acceptors (Lipinski definition) is 2. The highest BCUT2D eigenvalue weighted by molar-refractivity contribution is 14.1. The number of rotatable bonds is 4. The van der Waals surface area contributed by atoms with E-state index in [0.717, 1.165) is 14.7 Å². The minimum atomic E-state index is -0.0195. The summed E-state index contributed by atoms with van der Waals surface area (Å²) < 4.78 is 1.05. The number of carbonyl (C=O) groups is 1. The van der Waals surface area contributed by atoms with Gasteiger partial charge in [0, 0.05) is 33.3 Å². The normalized spacial score (nSPS) is 10.7. The number of fused-ring (bicyclic) bond motifs is 1. The summed E-state index contributed by atoms with van der Waals surface area (Å²) in [7, 11) is 0. The Hall–Kier alpha value is -1.89. The Kier molecular flexibility index (Phi) is 4.19. The minimum Gasteiger partial charge on any atom is -0.361 e. The summed E-state index contributed by atoms with van der Waals surface area (Å²) >= 11 is 2.18. The Morgan fingerprint density at radius 1 is 1.24 bits per heavy atom. The molecule has 0 saturated heterocycles. The van der Waals surface area contributed by atoms with Crippen molar-refractivity contribution in [2.75, 3.05) is 5.32 Å². The Morgan fingerprint density at radius 3 is 2.90 bits per heavy atom. The number of carbonyl (C=O) groups excluding carboxylic acids is 1. The van der Waals surface area contributed by atoms with E-state index in [4.69, 9.17) is 0 Å². The highest BCUT2D eigenvalue weighted by Gasteiger charge is 2.07. The highest BCUT2D eigenvalue weighted by atomic mass is 127. The first-order valence-corrected chi connectivity index (χ1v) is 7.76. The van der Waals surface area contributed by atoms with Gasteiger partial charge in [-0.25, -0.2) is 4.98 Å². The van der Waals surface area contributed by atoms with Crippen molar-refractivity contribution in [3.05, 3.63) is 57.9 Å². The van der Waals surface area contributed by atoms with Gasteiger partial charge in [-0.1, -0.05) is 18.2 Å². The molecule has 0 aliphatic rings. The van der Waals surface area contributed by atoms with Gasteiger partial charge in [0.1, 0.15) is 5.82 Å². The van der Waals surface area contributed by atoms with Crippen molar-refractivity contribution in [1.82, 2.24) is 9.97 Å². The third-order valence-electron chi connectivity index (χ3n) is 3.29.